The molecule has 1 aromatic rings. The third-order valence-corrected chi connectivity index (χ3v) is 4.32. The highest BCUT2D eigenvalue weighted by molar-refractivity contribution is 5.80. The lowest BCUT2D eigenvalue weighted by Crippen LogP contribution is -2.40. The van der Waals surface area contributed by atoms with Crippen LogP contribution in [0.15, 0.2) is 29.3 Å². The molecule has 1 saturated heterocycles. The van der Waals surface area contributed by atoms with Crippen LogP contribution in [0.3, 0.4) is 0 Å². The van der Waals surface area contributed by atoms with Crippen molar-refractivity contribution in [1.82, 2.24) is 10.2 Å². The number of hydrogen-bond acceptors (Lipinski definition) is 4. The van der Waals surface area contributed by atoms with Crippen LogP contribution in [0.1, 0.15) is 18.9 Å². The third-order valence-electron chi connectivity index (χ3n) is 4.32. The van der Waals surface area contributed by atoms with E-state index in [4.69, 9.17) is 19.2 Å². The number of benzene rings is 1. The Morgan fingerprint density at radius 3 is 2.96 bits per heavy atom. The van der Waals surface area contributed by atoms with Crippen molar-refractivity contribution in [3.05, 3.63) is 29.8 Å². The highest BCUT2D eigenvalue weighted by Gasteiger charge is 2.24. The topological polar surface area (TPSA) is 55.3 Å². The lowest BCUT2D eigenvalue weighted by Gasteiger charge is -2.21. The maximum atomic E-state index is 5.79. The molecule has 6 nitrogen and oxygen atoms in total. The van der Waals surface area contributed by atoms with E-state index in [-0.39, 0.29) is 0 Å². The Hall–Kier alpha value is -1.79. The quantitative estimate of drug-likeness (QED) is 0.393. The number of rotatable bonds is 10. The van der Waals surface area contributed by atoms with Crippen molar-refractivity contribution in [2.45, 2.75) is 20.3 Å². The van der Waals surface area contributed by atoms with Gasteiger partial charge in [-0.1, -0.05) is 12.1 Å². The lowest BCUT2D eigenvalue weighted by molar-refractivity contribution is 0.0536. The van der Waals surface area contributed by atoms with Crippen LogP contribution in [0.4, 0.5) is 0 Å². The molecule has 0 aromatic heterocycles. The molecule has 26 heavy (non-hydrogen) atoms. The summed E-state index contributed by atoms with van der Waals surface area (Å²) in [4.78, 5) is 7.04. The Balaban J connectivity index is 1.75. The number of aliphatic imine (C=N–C) groups is 1. The van der Waals surface area contributed by atoms with Crippen molar-refractivity contribution < 1.29 is 14.2 Å². The van der Waals surface area contributed by atoms with E-state index in [0.29, 0.717) is 32.3 Å². The van der Waals surface area contributed by atoms with Crippen LogP contribution in [0, 0.1) is 12.8 Å². The van der Waals surface area contributed by atoms with Gasteiger partial charge in [0.25, 0.3) is 0 Å². The van der Waals surface area contributed by atoms with Crippen LogP contribution in [0.5, 0.6) is 5.75 Å². The number of nitrogens with zero attached hydrogens (tertiary/aromatic N) is 2. The van der Waals surface area contributed by atoms with Crippen LogP contribution in [0.2, 0.25) is 0 Å². The summed E-state index contributed by atoms with van der Waals surface area (Å²) >= 11 is 0. The van der Waals surface area contributed by atoms with E-state index in [1.165, 1.54) is 5.56 Å². The number of aryl methyl sites for hydroxylation is 1. The van der Waals surface area contributed by atoms with Crippen LogP contribution >= 0.6 is 0 Å². The summed E-state index contributed by atoms with van der Waals surface area (Å²) in [5, 5.41) is 3.39. The fraction of sp³-hybridized carbons (Fsp3) is 0.650. The molecule has 1 unspecified atom stereocenters. The zero-order valence-electron chi connectivity index (χ0n) is 16.4. The second kappa shape index (κ2) is 11.8. The van der Waals surface area contributed by atoms with Gasteiger partial charge in [-0.05, 0) is 38.0 Å². The Morgan fingerprint density at radius 1 is 1.31 bits per heavy atom. The summed E-state index contributed by atoms with van der Waals surface area (Å²) in [7, 11) is 1.70. The van der Waals surface area contributed by atoms with Gasteiger partial charge in [-0.15, -0.1) is 0 Å². The Bertz CT molecular complexity index is 551. The van der Waals surface area contributed by atoms with Crippen LogP contribution < -0.4 is 10.1 Å². The van der Waals surface area contributed by atoms with Gasteiger partial charge in [0, 0.05) is 32.7 Å². The molecule has 0 spiro atoms. The summed E-state index contributed by atoms with van der Waals surface area (Å²) < 4.78 is 16.5. The SMILES string of the molecule is CCNC(=NCCOc1cccc(C)c1)N1CCC(COCCOC)C1. The molecule has 1 atom stereocenters. The van der Waals surface area contributed by atoms with Crippen molar-refractivity contribution in [2.24, 2.45) is 10.9 Å². The minimum absolute atomic E-state index is 0.555. The van der Waals surface area contributed by atoms with Gasteiger partial charge in [0.2, 0.25) is 0 Å². The van der Waals surface area contributed by atoms with Gasteiger partial charge in [0.05, 0.1) is 26.4 Å². The molecule has 6 heteroatoms. The van der Waals surface area contributed by atoms with Crippen LogP contribution in [-0.4, -0.2) is 70.6 Å². The second-order valence-electron chi connectivity index (χ2n) is 6.57. The fourth-order valence-corrected chi connectivity index (χ4v) is 3.00. The first-order valence-corrected chi connectivity index (χ1v) is 9.52. The first-order chi connectivity index (χ1) is 12.7. The highest BCUT2D eigenvalue weighted by atomic mass is 16.5. The molecular formula is C20H33N3O3. The summed E-state index contributed by atoms with van der Waals surface area (Å²) in [5.41, 5.74) is 1.20. The summed E-state index contributed by atoms with van der Waals surface area (Å²) in [6.07, 6.45) is 1.14. The van der Waals surface area contributed by atoms with Crippen molar-refractivity contribution >= 4 is 5.96 Å². The molecule has 1 fully saturated rings. The number of ether oxygens (including phenoxy) is 3. The van der Waals surface area contributed by atoms with Crippen molar-refractivity contribution in [3.8, 4) is 5.75 Å². The van der Waals surface area contributed by atoms with E-state index in [2.05, 4.69) is 30.1 Å². The average molecular weight is 364 g/mol. The normalized spacial score (nSPS) is 17.6. The Kier molecular flexibility index (Phi) is 9.28. The number of likely N-dealkylation sites (tertiary alicyclic amines) is 1. The molecule has 1 aliphatic rings. The molecule has 0 amide bonds. The van der Waals surface area contributed by atoms with Gasteiger partial charge < -0.3 is 24.4 Å². The van der Waals surface area contributed by atoms with E-state index in [0.717, 1.165) is 44.4 Å². The molecule has 0 saturated carbocycles. The molecule has 1 aliphatic heterocycles. The maximum Gasteiger partial charge on any atom is 0.194 e. The monoisotopic (exact) mass is 363 g/mol. The van der Waals surface area contributed by atoms with Gasteiger partial charge in [-0.2, -0.15) is 0 Å². The number of methoxy groups -OCH3 is 1. The molecule has 1 heterocycles. The first kappa shape index (κ1) is 20.5. The number of guanidine groups is 1. The third kappa shape index (κ3) is 7.22. The molecule has 0 aliphatic carbocycles. The second-order valence-corrected chi connectivity index (χ2v) is 6.57. The zero-order chi connectivity index (χ0) is 18.6. The minimum Gasteiger partial charge on any atom is -0.492 e. The number of hydrogen-bond donors (Lipinski definition) is 1. The average Bonchev–Trinajstić information content (AvgIpc) is 3.10. The largest absolute Gasteiger partial charge is 0.492 e. The summed E-state index contributed by atoms with van der Waals surface area (Å²) in [5.74, 6) is 2.43. The standard InChI is InChI=1S/C20H33N3O3/c1-4-21-20(22-9-11-26-19-7-5-6-17(2)14-19)23-10-8-18(15-23)16-25-13-12-24-3/h5-7,14,18H,4,8-13,15-16H2,1-3H3,(H,21,22). The molecule has 0 radical (unpaired) electrons. The number of nitrogens with one attached hydrogen (secondary N) is 1. The highest BCUT2D eigenvalue weighted by Crippen LogP contribution is 2.17. The Morgan fingerprint density at radius 2 is 2.19 bits per heavy atom. The first-order valence-electron chi connectivity index (χ1n) is 9.52. The van der Waals surface area contributed by atoms with Gasteiger partial charge >= 0.3 is 0 Å². The van der Waals surface area contributed by atoms with Crippen molar-refractivity contribution in [1.29, 1.82) is 0 Å². The predicted molar refractivity (Wildman–Crippen MR) is 105 cm³/mol. The maximum absolute atomic E-state index is 5.79. The molecule has 1 aromatic carbocycles. The predicted octanol–water partition coefficient (Wildman–Crippen LogP) is 2.32. The van der Waals surface area contributed by atoms with Crippen molar-refractivity contribution in [2.75, 3.05) is 59.7 Å². The smallest absolute Gasteiger partial charge is 0.194 e. The summed E-state index contributed by atoms with van der Waals surface area (Å²) in [6.45, 7) is 10.4. The van der Waals surface area contributed by atoms with Crippen LogP contribution in [-0.2, 0) is 9.47 Å². The molecular weight excluding hydrogens is 330 g/mol. The fourth-order valence-electron chi connectivity index (χ4n) is 3.00. The molecule has 146 valence electrons. The van der Waals surface area contributed by atoms with Crippen molar-refractivity contribution in [3.63, 3.8) is 0 Å². The van der Waals surface area contributed by atoms with Gasteiger partial charge in [-0.25, -0.2) is 4.99 Å². The summed E-state index contributed by atoms with van der Waals surface area (Å²) in [6, 6.07) is 8.11. The van der Waals surface area contributed by atoms with Gasteiger partial charge in [-0.3, -0.25) is 0 Å². The van der Waals surface area contributed by atoms with Gasteiger partial charge in [0.1, 0.15) is 12.4 Å². The lowest BCUT2D eigenvalue weighted by atomic mass is 10.1. The van der Waals surface area contributed by atoms with Gasteiger partial charge in [0.15, 0.2) is 5.96 Å². The van der Waals surface area contributed by atoms with E-state index >= 15 is 0 Å². The van der Waals surface area contributed by atoms with E-state index in [1.54, 1.807) is 7.11 Å². The van der Waals surface area contributed by atoms with E-state index in [9.17, 15) is 0 Å². The minimum atomic E-state index is 0.555. The van der Waals surface area contributed by atoms with Crippen LogP contribution in [0.25, 0.3) is 0 Å². The molecule has 1 N–H and O–H groups in total. The Labute approximate surface area is 157 Å². The zero-order valence-corrected chi connectivity index (χ0v) is 16.4. The van der Waals surface area contributed by atoms with E-state index < -0.39 is 0 Å². The molecule has 2 rings (SSSR count). The molecule has 0 bridgehead atoms. The van der Waals surface area contributed by atoms with E-state index in [1.807, 2.05) is 18.2 Å².